The van der Waals surface area contributed by atoms with Gasteiger partial charge < -0.3 is 9.47 Å². The molecule has 5 nitrogen and oxygen atoms in total. The first kappa shape index (κ1) is 11.0. The Morgan fingerprint density at radius 2 is 2.44 bits per heavy atom. The van der Waals surface area contributed by atoms with Gasteiger partial charge in [0.05, 0.1) is 13.5 Å². The number of carbonyl (C=O) groups is 2. The number of rotatable bonds is 3. The molecule has 5 heteroatoms. The highest BCUT2D eigenvalue weighted by Crippen LogP contribution is 2.36. The van der Waals surface area contributed by atoms with Crippen molar-refractivity contribution in [1.82, 2.24) is 4.90 Å². The molecule has 1 unspecified atom stereocenters. The number of amides is 1. The number of hydrogen-bond acceptors (Lipinski definition) is 4. The fourth-order valence-corrected chi connectivity index (χ4v) is 1.96. The van der Waals surface area contributed by atoms with E-state index in [4.69, 9.17) is 9.47 Å². The Hall–Kier alpha value is -1.52. The molecule has 2 fully saturated rings. The van der Waals surface area contributed by atoms with Gasteiger partial charge in [-0.25, -0.2) is 4.79 Å². The third kappa shape index (κ3) is 1.56. The maximum atomic E-state index is 11.6. The maximum absolute atomic E-state index is 11.6. The zero-order valence-corrected chi connectivity index (χ0v) is 9.43. The Kier molecular flexibility index (Phi) is 2.85. The molecule has 0 aromatic rings. The minimum atomic E-state index is -0.664. The van der Waals surface area contributed by atoms with E-state index in [9.17, 15) is 9.59 Å². The van der Waals surface area contributed by atoms with Gasteiger partial charge in [0.1, 0.15) is 5.76 Å². The van der Waals surface area contributed by atoms with E-state index in [0.717, 1.165) is 12.8 Å². The normalized spacial score (nSPS) is 29.8. The van der Waals surface area contributed by atoms with Crippen LogP contribution < -0.4 is 0 Å². The molecular weight excluding hydrogens is 210 g/mol. The molecule has 2 rings (SSSR count). The van der Waals surface area contributed by atoms with Crippen LogP contribution in [0.4, 0.5) is 0 Å². The molecule has 2 aliphatic rings. The van der Waals surface area contributed by atoms with Gasteiger partial charge in [0.15, 0.2) is 12.3 Å². The van der Waals surface area contributed by atoms with Gasteiger partial charge in [-0.15, -0.1) is 0 Å². The van der Waals surface area contributed by atoms with E-state index in [1.54, 1.807) is 0 Å². The smallest absolute Gasteiger partial charge is 0.336 e. The average Bonchev–Trinajstić information content (AvgIpc) is 2.57. The third-order valence-corrected chi connectivity index (χ3v) is 2.83. The molecule has 2 heterocycles. The van der Waals surface area contributed by atoms with Crippen LogP contribution in [-0.2, 0) is 19.1 Å². The summed E-state index contributed by atoms with van der Waals surface area (Å²) in [6.07, 6.45) is 3.76. The first-order valence-corrected chi connectivity index (χ1v) is 5.44. The number of esters is 1. The topological polar surface area (TPSA) is 55.8 Å². The number of methoxy groups -OCH3 is 1. The summed E-state index contributed by atoms with van der Waals surface area (Å²) in [6, 6.07) is -0.664. The fourth-order valence-electron chi connectivity index (χ4n) is 1.96. The maximum Gasteiger partial charge on any atom is 0.336 e. The van der Waals surface area contributed by atoms with Crippen LogP contribution >= 0.6 is 0 Å². The molecule has 0 N–H and O–H groups in total. The Balaban J connectivity index is 2.19. The standard InChI is InChI=1S/C11H15NO4/c1-3-4-5-7-10(11(14)15-2)12-8(13)6-9(12)16-7/h5,9-10H,3-4,6H2,1-2H3/b7-5-/t9-,10?/m1/s1. The first-order chi connectivity index (χ1) is 7.69. The minimum Gasteiger partial charge on any atom is -0.472 e. The zero-order valence-electron chi connectivity index (χ0n) is 9.43. The van der Waals surface area contributed by atoms with Crippen LogP contribution in [0.1, 0.15) is 26.2 Å². The largest absolute Gasteiger partial charge is 0.472 e. The van der Waals surface area contributed by atoms with Gasteiger partial charge in [0.25, 0.3) is 0 Å². The molecule has 0 aliphatic carbocycles. The molecule has 0 aromatic carbocycles. The van der Waals surface area contributed by atoms with Crippen LogP contribution in [0.25, 0.3) is 0 Å². The van der Waals surface area contributed by atoms with E-state index in [0.29, 0.717) is 12.2 Å². The van der Waals surface area contributed by atoms with Gasteiger partial charge >= 0.3 is 5.97 Å². The van der Waals surface area contributed by atoms with Crippen molar-refractivity contribution in [2.24, 2.45) is 0 Å². The molecule has 0 spiro atoms. The first-order valence-electron chi connectivity index (χ1n) is 5.44. The summed E-state index contributed by atoms with van der Waals surface area (Å²) < 4.78 is 10.2. The summed E-state index contributed by atoms with van der Waals surface area (Å²) in [7, 11) is 1.32. The number of ether oxygens (including phenoxy) is 2. The van der Waals surface area contributed by atoms with Gasteiger partial charge in [-0.05, 0) is 12.5 Å². The number of β-lactam (4-membered cyclic amide) rings is 1. The lowest BCUT2D eigenvalue weighted by Crippen LogP contribution is -2.55. The molecular formula is C11H15NO4. The van der Waals surface area contributed by atoms with E-state index < -0.39 is 12.0 Å². The third-order valence-electron chi connectivity index (χ3n) is 2.83. The van der Waals surface area contributed by atoms with Crippen LogP contribution in [-0.4, -0.2) is 36.2 Å². The summed E-state index contributed by atoms with van der Waals surface area (Å²) in [5.41, 5.74) is 0. The van der Waals surface area contributed by atoms with E-state index in [1.807, 2.05) is 13.0 Å². The van der Waals surface area contributed by atoms with Gasteiger partial charge in [0.2, 0.25) is 5.91 Å². The van der Waals surface area contributed by atoms with Gasteiger partial charge in [0, 0.05) is 0 Å². The molecule has 0 aromatic heterocycles. The van der Waals surface area contributed by atoms with E-state index in [2.05, 4.69) is 0 Å². The fraction of sp³-hybridized carbons (Fsp3) is 0.636. The number of hydrogen-bond donors (Lipinski definition) is 0. The number of allylic oxidation sites excluding steroid dienone is 1. The molecule has 88 valence electrons. The molecule has 16 heavy (non-hydrogen) atoms. The predicted octanol–water partition coefficient (Wildman–Crippen LogP) is 0.801. The van der Waals surface area contributed by atoms with Crippen molar-refractivity contribution in [2.75, 3.05) is 7.11 Å². The molecule has 2 aliphatic heterocycles. The van der Waals surface area contributed by atoms with Crippen molar-refractivity contribution < 1.29 is 19.1 Å². The Morgan fingerprint density at radius 3 is 3.00 bits per heavy atom. The van der Waals surface area contributed by atoms with Crippen LogP contribution in [0, 0.1) is 0 Å². The van der Waals surface area contributed by atoms with Gasteiger partial charge in [-0.3, -0.25) is 9.69 Å². The number of unbranched alkanes of at least 4 members (excludes halogenated alkanes) is 1. The van der Waals surface area contributed by atoms with E-state index >= 15 is 0 Å². The van der Waals surface area contributed by atoms with Crippen LogP contribution in [0.5, 0.6) is 0 Å². The lowest BCUT2D eigenvalue weighted by molar-refractivity contribution is -0.164. The SMILES string of the molecule is CCC/C=C1\O[C@@H]2CC(=O)N2C1C(=O)OC. The highest BCUT2D eigenvalue weighted by Gasteiger charge is 2.53. The molecule has 2 saturated heterocycles. The highest BCUT2D eigenvalue weighted by molar-refractivity contribution is 5.91. The molecule has 0 bridgehead atoms. The van der Waals surface area contributed by atoms with Gasteiger partial charge in [-0.2, -0.15) is 0 Å². The minimum absolute atomic E-state index is 0.0553. The number of nitrogens with zero attached hydrogens (tertiary/aromatic N) is 1. The highest BCUT2D eigenvalue weighted by atomic mass is 16.6. The zero-order chi connectivity index (χ0) is 11.7. The van der Waals surface area contributed by atoms with Crippen molar-refractivity contribution in [3.05, 3.63) is 11.8 Å². The van der Waals surface area contributed by atoms with Crippen LogP contribution in [0.3, 0.4) is 0 Å². The molecule has 2 atom stereocenters. The quantitative estimate of drug-likeness (QED) is 0.526. The van der Waals surface area contributed by atoms with Crippen molar-refractivity contribution in [3.8, 4) is 0 Å². The van der Waals surface area contributed by atoms with Crippen LogP contribution in [0.15, 0.2) is 11.8 Å². The second-order valence-corrected chi connectivity index (χ2v) is 3.90. The Morgan fingerprint density at radius 1 is 1.69 bits per heavy atom. The summed E-state index contributed by atoms with van der Waals surface area (Å²) in [5.74, 6) is 0.0720. The molecule has 0 radical (unpaired) electrons. The van der Waals surface area contributed by atoms with E-state index in [1.165, 1.54) is 12.0 Å². The second kappa shape index (κ2) is 4.15. The van der Waals surface area contributed by atoms with E-state index in [-0.39, 0.29) is 12.1 Å². The average molecular weight is 225 g/mol. The lowest BCUT2D eigenvalue weighted by Gasteiger charge is -2.33. The lowest BCUT2D eigenvalue weighted by atomic mass is 10.1. The van der Waals surface area contributed by atoms with Crippen molar-refractivity contribution in [1.29, 1.82) is 0 Å². The predicted molar refractivity (Wildman–Crippen MR) is 55.1 cm³/mol. The Labute approximate surface area is 94.0 Å². The summed E-state index contributed by atoms with van der Waals surface area (Å²) in [4.78, 5) is 24.4. The number of carbonyl (C=O) groups excluding carboxylic acids is 2. The van der Waals surface area contributed by atoms with Gasteiger partial charge in [-0.1, -0.05) is 13.3 Å². The second-order valence-electron chi connectivity index (χ2n) is 3.90. The molecule has 1 amide bonds. The van der Waals surface area contributed by atoms with Crippen molar-refractivity contribution >= 4 is 11.9 Å². The summed E-state index contributed by atoms with van der Waals surface area (Å²) in [5, 5.41) is 0. The Bertz CT molecular complexity index is 350. The summed E-state index contributed by atoms with van der Waals surface area (Å²) in [6.45, 7) is 2.04. The monoisotopic (exact) mass is 225 g/mol. The van der Waals surface area contributed by atoms with Crippen LogP contribution in [0.2, 0.25) is 0 Å². The van der Waals surface area contributed by atoms with Crippen molar-refractivity contribution in [2.45, 2.75) is 38.5 Å². The molecule has 0 saturated carbocycles. The number of fused-ring (bicyclic) bond motifs is 1. The van der Waals surface area contributed by atoms with Crippen molar-refractivity contribution in [3.63, 3.8) is 0 Å². The summed E-state index contributed by atoms with van der Waals surface area (Å²) >= 11 is 0.